The van der Waals surface area contributed by atoms with Crippen LogP contribution in [0.4, 0.5) is 0 Å². The van der Waals surface area contributed by atoms with Crippen molar-refractivity contribution < 1.29 is 9.59 Å². The number of carbonyl (C=O) groups excluding carboxylic acids is 2. The molecule has 1 atom stereocenters. The van der Waals surface area contributed by atoms with E-state index < -0.39 is 0 Å². The molecule has 2 amide bonds. The van der Waals surface area contributed by atoms with Crippen LogP contribution in [0.15, 0.2) is 54.6 Å². The van der Waals surface area contributed by atoms with E-state index in [1.807, 2.05) is 64.0 Å². The van der Waals surface area contributed by atoms with E-state index in [1.54, 1.807) is 12.1 Å². The van der Waals surface area contributed by atoms with Crippen LogP contribution < -0.4 is 0 Å². The molecule has 2 aliphatic rings. The highest BCUT2D eigenvalue weighted by molar-refractivity contribution is 8.00. The van der Waals surface area contributed by atoms with Gasteiger partial charge in [-0.1, -0.05) is 61.0 Å². The highest BCUT2D eigenvalue weighted by Crippen LogP contribution is 2.45. The fraction of sp³-hybridized carbons (Fsp3) is 0.417. The van der Waals surface area contributed by atoms with Crippen molar-refractivity contribution in [1.82, 2.24) is 9.80 Å². The van der Waals surface area contributed by atoms with Crippen LogP contribution in [-0.4, -0.2) is 51.9 Å². The topological polar surface area (TPSA) is 40.6 Å². The highest BCUT2D eigenvalue weighted by atomic mass is 35.5. The van der Waals surface area contributed by atoms with Gasteiger partial charge in [-0.15, -0.1) is 11.8 Å². The molecule has 4 nitrogen and oxygen atoms in total. The molecule has 4 rings (SSSR count). The molecule has 1 spiro atoms. The number of hydrogen-bond acceptors (Lipinski definition) is 3. The summed E-state index contributed by atoms with van der Waals surface area (Å²) < 4.78 is 0. The van der Waals surface area contributed by atoms with Gasteiger partial charge in [-0.3, -0.25) is 9.59 Å². The van der Waals surface area contributed by atoms with E-state index in [1.165, 1.54) is 0 Å². The van der Waals surface area contributed by atoms with Gasteiger partial charge in [0.05, 0.1) is 21.4 Å². The molecule has 0 saturated carbocycles. The average Bonchev–Trinajstić information content (AvgIpc) is 3.18. The number of hydrogen-bond donors (Lipinski definition) is 0. The summed E-state index contributed by atoms with van der Waals surface area (Å²) in [6.45, 7) is 4.16. The lowest BCUT2D eigenvalue weighted by atomic mass is 9.93. The minimum atomic E-state index is -0.235. The largest absolute Gasteiger partial charge is 0.342 e. The first-order chi connectivity index (χ1) is 14.6. The van der Waals surface area contributed by atoms with Crippen LogP contribution in [0.1, 0.15) is 48.0 Å². The molecule has 6 heteroatoms. The van der Waals surface area contributed by atoms with Crippen LogP contribution in [0.2, 0.25) is 5.02 Å². The number of amides is 2. The predicted octanol–water partition coefficient (Wildman–Crippen LogP) is 5.04. The number of carbonyl (C=O) groups is 2. The van der Waals surface area contributed by atoms with Crippen LogP contribution >= 0.6 is 23.4 Å². The van der Waals surface area contributed by atoms with Crippen LogP contribution in [0.25, 0.3) is 0 Å². The first kappa shape index (κ1) is 21.3. The summed E-state index contributed by atoms with van der Waals surface area (Å²) in [7, 11) is 0. The van der Waals surface area contributed by atoms with Crippen molar-refractivity contribution >= 4 is 35.2 Å². The molecule has 2 aliphatic heterocycles. The van der Waals surface area contributed by atoms with Crippen LogP contribution in [-0.2, 0) is 4.79 Å². The van der Waals surface area contributed by atoms with Crippen molar-refractivity contribution in [3.63, 3.8) is 0 Å². The number of benzene rings is 2. The van der Waals surface area contributed by atoms with Crippen molar-refractivity contribution in [2.45, 2.75) is 37.0 Å². The number of nitrogens with zero attached hydrogens (tertiary/aromatic N) is 2. The second kappa shape index (κ2) is 9.03. The maximum atomic E-state index is 13.2. The molecular formula is C24H27ClN2O2S. The zero-order valence-corrected chi connectivity index (χ0v) is 18.8. The Kier molecular flexibility index (Phi) is 6.40. The lowest BCUT2D eigenvalue weighted by Gasteiger charge is -2.44. The quantitative estimate of drug-likeness (QED) is 0.665. The zero-order chi connectivity index (χ0) is 21.1. The SMILES string of the molecule is CCC(C(=O)N1CCC2(CC1)SCCN2C(=O)c1ccccc1Cl)c1ccccc1. The smallest absolute Gasteiger partial charge is 0.256 e. The Labute approximate surface area is 187 Å². The van der Waals surface area contributed by atoms with Crippen molar-refractivity contribution in [2.75, 3.05) is 25.4 Å². The summed E-state index contributed by atoms with van der Waals surface area (Å²) in [5.74, 6) is 1.02. The Morgan fingerprint density at radius 2 is 1.70 bits per heavy atom. The highest BCUT2D eigenvalue weighted by Gasteiger charge is 2.47. The molecule has 2 aromatic carbocycles. The van der Waals surface area contributed by atoms with Crippen molar-refractivity contribution in [1.29, 1.82) is 0 Å². The Hall–Kier alpha value is -1.98. The fourth-order valence-electron chi connectivity index (χ4n) is 4.62. The molecule has 158 valence electrons. The van der Waals surface area contributed by atoms with E-state index in [4.69, 9.17) is 11.6 Å². The average molecular weight is 443 g/mol. The lowest BCUT2D eigenvalue weighted by Crippen LogP contribution is -2.54. The van der Waals surface area contributed by atoms with Gasteiger partial charge >= 0.3 is 0 Å². The molecular weight excluding hydrogens is 416 g/mol. The zero-order valence-electron chi connectivity index (χ0n) is 17.2. The molecule has 1 unspecified atom stereocenters. The third-order valence-electron chi connectivity index (χ3n) is 6.29. The number of rotatable bonds is 4. The Morgan fingerprint density at radius 1 is 1.03 bits per heavy atom. The molecule has 0 radical (unpaired) electrons. The monoisotopic (exact) mass is 442 g/mol. The second-order valence-corrected chi connectivity index (χ2v) is 9.79. The number of halogens is 1. The van der Waals surface area contributed by atoms with Gasteiger partial charge in [0.15, 0.2) is 0 Å². The van der Waals surface area contributed by atoms with Gasteiger partial charge in [0.1, 0.15) is 0 Å². The minimum absolute atomic E-state index is 0.00102. The van der Waals surface area contributed by atoms with Crippen LogP contribution in [0.5, 0.6) is 0 Å². The Balaban J connectivity index is 1.47. The van der Waals surface area contributed by atoms with Gasteiger partial charge < -0.3 is 9.80 Å². The maximum Gasteiger partial charge on any atom is 0.256 e. The summed E-state index contributed by atoms with van der Waals surface area (Å²) in [5.41, 5.74) is 1.64. The first-order valence-electron chi connectivity index (χ1n) is 10.6. The third-order valence-corrected chi connectivity index (χ3v) is 8.17. The lowest BCUT2D eigenvalue weighted by molar-refractivity contribution is -0.134. The molecule has 0 aliphatic carbocycles. The van der Waals surface area contributed by atoms with Crippen LogP contribution in [0, 0.1) is 0 Å². The van der Waals surface area contributed by atoms with Gasteiger partial charge in [0.25, 0.3) is 5.91 Å². The molecule has 30 heavy (non-hydrogen) atoms. The van der Waals surface area contributed by atoms with E-state index >= 15 is 0 Å². The molecule has 2 aromatic rings. The maximum absolute atomic E-state index is 13.2. The summed E-state index contributed by atoms with van der Waals surface area (Å²) in [6.07, 6.45) is 2.38. The summed E-state index contributed by atoms with van der Waals surface area (Å²) in [5, 5.41) is 0.496. The fourth-order valence-corrected chi connectivity index (χ4v) is 6.30. The van der Waals surface area contributed by atoms with E-state index in [-0.39, 0.29) is 22.6 Å². The summed E-state index contributed by atoms with van der Waals surface area (Å²) >= 11 is 8.14. The summed E-state index contributed by atoms with van der Waals surface area (Å²) in [6, 6.07) is 17.3. The standard InChI is InChI=1S/C24H27ClN2O2S/c1-2-19(18-8-4-3-5-9-18)22(28)26-14-12-24(13-15-26)27(16-17-30-24)23(29)20-10-6-7-11-21(20)25/h3-11,19H,2,12-17H2,1H3. The van der Waals surface area contributed by atoms with E-state index in [0.29, 0.717) is 23.7 Å². The van der Waals surface area contributed by atoms with E-state index in [9.17, 15) is 9.59 Å². The molecule has 2 fully saturated rings. The molecule has 0 aromatic heterocycles. The number of likely N-dealkylation sites (tertiary alicyclic amines) is 1. The van der Waals surface area contributed by atoms with Gasteiger partial charge in [0.2, 0.25) is 5.91 Å². The van der Waals surface area contributed by atoms with Gasteiger partial charge in [-0.2, -0.15) is 0 Å². The summed E-state index contributed by atoms with van der Waals surface area (Å²) in [4.78, 5) is 30.2. The number of piperidine rings is 1. The van der Waals surface area contributed by atoms with Gasteiger partial charge in [-0.25, -0.2) is 0 Å². The normalized spacial score (nSPS) is 19.1. The first-order valence-corrected chi connectivity index (χ1v) is 12.0. The number of thioether (sulfide) groups is 1. The van der Waals surface area contributed by atoms with Gasteiger partial charge in [-0.05, 0) is 37.0 Å². The second-order valence-electron chi connectivity index (χ2n) is 7.93. The van der Waals surface area contributed by atoms with E-state index in [0.717, 1.165) is 37.1 Å². The molecule has 2 heterocycles. The van der Waals surface area contributed by atoms with Crippen molar-refractivity contribution in [3.8, 4) is 0 Å². The Morgan fingerprint density at radius 3 is 2.37 bits per heavy atom. The molecule has 0 bridgehead atoms. The minimum Gasteiger partial charge on any atom is -0.342 e. The Bertz CT molecular complexity index is 912. The third kappa shape index (κ3) is 3.97. The molecule has 2 saturated heterocycles. The van der Waals surface area contributed by atoms with E-state index in [2.05, 4.69) is 6.92 Å². The predicted molar refractivity (Wildman–Crippen MR) is 123 cm³/mol. The van der Waals surface area contributed by atoms with Gasteiger partial charge in [0, 0.05) is 25.4 Å². The van der Waals surface area contributed by atoms with Crippen molar-refractivity contribution in [3.05, 3.63) is 70.7 Å². The van der Waals surface area contributed by atoms with Crippen molar-refractivity contribution in [2.24, 2.45) is 0 Å². The molecule has 0 N–H and O–H groups in total. The van der Waals surface area contributed by atoms with Crippen LogP contribution in [0.3, 0.4) is 0 Å².